The summed E-state index contributed by atoms with van der Waals surface area (Å²) in [7, 11) is 1.57. The molecule has 0 aliphatic heterocycles. The first-order valence-corrected chi connectivity index (χ1v) is 5.10. The second kappa shape index (κ2) is 3.29. The highest BCUT2D eigenvalue weighted by atomic mass is 16.5. The Morgan fingerprint density at radius 1 is 1.53 bits per heavy atom. The number of anilines is 2. The summed E-state index contributed by atoms with van der Waals surface area (Å²) in [6, 6.07) is 4.20. The number of hydrogen-bond acceptors (Lipinski definition) is 4. The van der Waals surface area contributed by atoms with Crippen LogP contribution in [-0.4, -0.2) is 18.1 Å². The molecule has 1 fully saturated rings. The van der Waals surface area contributed by atoms with Gasteiger partial charge < -0.3 is 15.8 Å². The van der Waals surface area contributed by atoms with E-state index in [-0.39, 0.29) is 0 Å². The fourth-order valence-corrected chi connectivity index (χ4v) is 1.59. The zero-order chi connectivity index (χ0) is 11.1. The van der Waals surface area contributed by atoms with Gasteiger partial charge in [-0.05, 0) is 24.0 Å². The maximum Gasteiger partial charge on any atom is 0.238 e. The molecule has 2 rings (SSSR count). The van der Waals surface area contributed by atoms with E-state index >= 15 is 0 Å². The van der Waals surface area contributed by atoms with Gasteiger partial charge in [-0.25, -0.2) is 0 Å². The largest absolute Gasteiger partial charge is 0.479 e. The van der Waals surface area contributed by atoms with Crippen LogP contribution in [-0.2, 0) is 0 Å². The quantitative estimate of drug-likeness (QED) is 0.794. The molecular weight excluding hydrogens is 190 g/mol. The number of nitrogens with two attached hydrogens (primary N) is 1. The molecule has 82 valence electrons. The van der Waals surface area contributed by atoms with Crippen molar-refractivity contribution >= 4 is 11.5 Å². The maximum absolute atomic E-state index is 5.68. The Morgan fingerprint density at radius 2 is 2.20 bits per heavy atom. The number of rotatable bonds is 3. The summed E-state index contributed by atoms with van der Waals surface area (Å²) in [4.78, 5) is 4.28. The van der Waals surface area contributed by atoms with Crippen LogP contribution in [0.15, 0.2) is 12.1 Å². The lowest BCUT2D eigenvalue weighted by molar-refractivity contribution is 0.401. The number of nitrogens with zero attached hydrogens (tertiary/aromatic N) is 1. The third-order valence-electron chi connectivity index (χ3n) is 2.92. The van der Waals surface area contributed by atoms with Gasteiger partial charge in [0.15, 0.2) is 0 Å². The van der Waals surface area contributed by atoms with E-state index in [0.717, 1.165) is 5.82 Å². The predicted octanol–water partition coefficient (Wildman–Crippen LogP) is 1.88. The second-order valence-corrected chi connectivity index (χ2v) is 4.68. The Hall–Kier alpha value is -1.45. The van der Waals surface area contributed by atoms with Crippen LogP contribution in [0.1, 0.15) is 20.3 Å². The molecule has 0 radical (unpaired) electrons. The number of methoxy groups -OCH3 is 1. The molecule has 0 saturated heterocycles. The fraction of sp³-hybridized carbons (Fsp3) is 0.545. The average Bonchev–Trinajstić information content (AvgIpc) is 2.77. The van der Waals surface area contributed by atoms with Gasteiger partial charge in [0.05, 0.1) is 12.8 Å². The van der Waals surface area contributed by atoms with Crippen LogP contribution in [0.4, 0.5) is 11.5 Å². The molecule has 0 bridgehead atoms. The normalized spacial score (nSPS) is 22.2. The standard InChI is InChI=1S/C11H17N3O/c1-11(2)6-8(11)13-9-5-4-7(12)10(14-9)15-3/h4-5,8H,6,12H2,1-3H3,(H,13,14). The molecule has 1 heterocycles. The van der Waals surface area contributed by atoms with Crippen LogP contribution in [0.3, 0.4) is 0 Å². The number of nitrogen functional groups attached to an aromatic ring is 1. The van der Waals surface area contributed by atoms with E-state index in [9.17, 15) is 0 Å². The van der Waals surface area contributed by atoms with Gasteiger partial charge in [0.1, 0.15) is 5.82 Å². The molecule has 4 heteroatoms. The lowest BCUT2D eigenvalue weighted by atomic mass is 10.2. The molecular formula is C11H17N3O. The lowest BCUT2D eigenvalue weighted by Gasteiger charge is -2.09. The number of hydrogen-bond donors (Lipinski definition) is 2. The third kappa shape index (κ3) is 1.98. The molecule has 3 N–H and O–H groups in total. The van der Waals surface area contributed by atoms with Crippen molar-refractivity contribution in [2.24, 2.45) is 5.41 Å². The second-order valence-electron chi connectivity index (χ2n) is 4.68. The van der Waals surface area contributed by atoms with Gasteiger partial charge in [-0.3, -0.25) is 0 Å². The van der Waals surface area contributed by atoms with Crippen LogP contribution < -0.4 is 15.8 Å². The van der Waals surface area contributed by atoms with Gasteiger partial charge in [0.25, 0.3) is 0 Å². The zero-order valence-corrected chi connectivity index (χ0v) is 9.37. The van der Waals surface area contributed by atoms with E-state index in [2.05, 4.69) is 24.1 Å². The van der Waals surface area contributed by atoms with E-state index in [1.807, 2.05) is 12.1 Å². The number of nitrogens with one attached hydrogen (secondary N) is 1. The summed E-state index contributed by atoms with van der Waals surface area (Å²) in [6.07, 6.45) is 1.18. The van der Waals surface area contributed by atoms with Crippen molar-refractivity contribution in [2.45, 2.75) is 26.3 Å². The highest BCUT2D eigenvalue weighted by molar-refractivity contribution is 5.54. The lowest BCUT2D eigenvalue weighted by Crippen LogP contribution is -2.10. The predicted molar refractivity (Wildman–Crippen MR) is 61.0 cm³/mol. The Balaban J connectivity index is 2.10. The topological polar surface area (TPSA) is 60.2 Å². The molecule has 1 aliphatic carbocycles. The van der Waals surface area contributed by atoms with Gasteiger partial charge in [-0.2, -0.15) is 4.98 Å². The molecule has 0 spiro atoms. The molecule has 1 aromatic heterocycles. The highest BCUT2D eigenvalue weighted by Crippen LogP contribution is 2.46. The Bertz CT molecular complexity index is 376. The number of pyridine rings is 1. The molecule has 1 saturated carbocycles. The van der Waals surface area contributed by atoms with Crippen molar-refractivity contribution in [1.29, 1.82) is 0 Å². The van der Waals surface area contributed by atoms with Crippen LogP contribution in [0.25, 0.3) is 0 Å². The van der Waals surface area contributed by atoms with Crippen molar-refractivity contribution in [3.8, 4) is 5.88 Å². The Labute approximate surface area is 89.8 Å². The minimum absolute atomic E-state index is 0.385. The molecule has 15 heavy (non-hydrogen) atoms. The average molecular weight is 207 g/mol. The highest BCUT2D eigenvalue weighted by Gasteiger charge is 2.45. The van der Waals surface area contributed by atoms with E-state index in [0.29, 0.717) is 23.0 Å². The van der Waals surface area contributed by atoms with Crippen LogP contribution in [0, 0.1) is 5.41 Å². The van der Waals surface area contributed by atoms with Gasteiger partial charge in [-0.1, -0.05) is 13.8 Å². The molecule has 1 aliphatic rings. The molecule has 1 unspecified atom stereocenters. The monoisotopic (exact) mass is 207 g/mol. The summed E-state index contributed by atoms with van der Waals surface area (Å²) in [5.74, 6) is 1.31. The Morgan fingerprint density at radius 3 is 2.73 bits per heavy atom. The van der Waals surface area contributed by atoms with E-state index in [1.54, 1.807) is 7.11 Å². The van der Waals surface area contributed by atoms with Crippen molar-refractivity contribution in [3.63, 3.8) is 0 Å². The molecule has 4 nitrogen and oxygen atoms in total. The summed E-state index contributed by atoms with van der Waals surface area (Å²) < 4.78 is 5.06. The molecule has 0 amide bonds. The smallest absolute Gasteiger partial charge is 0.238 e. The number of aromatic nitrogens is 1. The zero-order valence-electron chi connectivity index (χ0n) is 9.37. The van der Waals surface area contributed by atoms with Gasteiger partial charge in [0, 0.05) is 6.04 Å². The van der Waals surface area contributed by atoms with Crippen LogP contribution in [0.5, 0.6) is 5.88 Å². The Kier molecular flexibility index (Phi) is 2.21. The summed E-state index contributed by atoms with van der Waals surface area (Å²) in [5.41, 5.74) is 6.64. The first-order chi connectivity index (χ1) is 7.03. The maximum atomic E-state index is 5.68. The summed E-state index contributed by atoms with van der Waals surface area (Å²) >= 11 is 0. The molecule has 0 aromatic carbocycles. The van der Waals surface area contributed by atoms with E-state index < -0.39 is 0 Å². The fourth-order valence-electron chi connectivity index (χ4n) is 1.59. The van der Waals surface area contributed by atoms with Gasteiger partial charge >= 0.3 is 0 Å². The first-order valence-electron chi connectivity index (χ1n) is 5.10. The molecule has 1 aromatic rings. The summed E-state index contributed by atoms with van der Waals surface area (Å²) in [6.45, 7) is 4.47. The van der Waals surface area contributed by atoms with E-state index in [4.69, 9.17) is 10.5 Å². The van der Waals surface area contributed by atoms with Crippen molar-refractivity contribution in [1.82, 2.24) is 4.98 Å². The van der Waals surface area contributed by atoms with Gasteiger partial charge in [-0.15, -0.1) is 0 Å². The van der Waals surface area contributed by atoms with Gasteiger partial charge in [0.2, 0.25) is 5.88 Å². The van der Waals surface area contributed by atoms with Crippen molar-refractivity contribution < 1.29 is 4.74 Å². The summed E-state index contributed by atoms with van der Waals surface area (Å²) in [5, 5.41) is 3.36. The molecule has 1 atom stereocenters. The van der Waals surface area contributed by atoms with E-state index in [1.165, 1.54) is 6.42 Å². The van der Waals surface area contributed by atoms with Crippen LogP contribution >= 0.6 is 0 Å². The van der Waals surface area contributed by atoms with Crippen molar-refractivity contribution in [2.75, 3.05) is 18.2 Å². The minimum Gasteiger partial charge on any atom is -0.479 e. The number of ether oxygens (including phenoxy) is 1. The first kappa shape index (κ1) is 10.1. The minimum atomic E-state index is 0.385. The van der Waals surface area contributed by atoms with Crippen LogP contribution in [0.2, 0.25) is 0 Å². The SMILES string of the molecule is COc1nc(NC2CC2(C)C)ccc1N. The third-order valence-corrected chi connectivity index (χ3v) is 2.92. The van der Waals surface area contributed by atoms with Crippen molar-refractivity contribution in [3.05, 3.63) is 12.1 Å².